The van der Waals surface area contributed by atoms with Crippen LogP contribution in [0.15, 0.2) is 88.3 Å². The van der Waals surface area contributed by atoms with Crippen molar-refractivity contribution in [2.45, 2.75) is 18.2 Å². The molecule has 0 bridgehead atoms. The zero-order valence-corrected chi connectivity index (χ0v) is 23.5. The van der Waals surface area contributed by atoms with E-state index in [1.54, 1.807) is 42.5 Å². The molecule has 0 amide bonds. The number of rotatable bonds is 10. The highest BCUT2D eigenvalue weighted by atomic mass is 35.5. The minimum atomic E-state index is -4.33. The maximum atomic E-state index is 13.9. The van der Waals surface area contributed by atoms with Crippen molar-refractivity contribution in [1.82, 2.24) is 4.98 Å². The Hall–Kier alpha value is -4.61. The van der Waals surface area contributed by atoms with Gasteiger partial charge in [0, 0.05) is 29.6 Å². The Bertz CT molecular complexity index is 1850. The molecule has 0 saturated heterocycles. The number of amidine groups is 1. The van der Waals surface area contributed by atoms with E-state index in [1.165, 1.54) is 24.4 Å². The number of benzene rings is 3. The highest BCUT2D eigenvalue weighted by Crippen LogP contribution is 2.38. The van der Waals surface area contributed by atoms with E-state index in [-0.39, 0.29) is 34.3 Å². The normalized spacial score (nSPS) is 11.2. The summed E-state index contributed by atoms with van der Waals surface area (Å²) < 4.78 is 40.6. The monoisotopic (exact) mass is 594 g/mol. The second-order valence-corrected chi connectivity index (χ2v) is 10.8. The summed E-state index contributed by atoms with van der Waals surface area (Å²) in [6, 6.07) is 20.0. The van der Waals surface area contributed by atoms with E-state index >= 15 is 0 Å². The molecule has 0 atom stereocenters. The molecule has 2 heterocycles. The van der Waals surface area contributed by atoms with Crippen molar-refractivity contribution in [2.75, 3.05) is 17.5 Å². The molecule has 2 aromatic heterocycles. The van der Waals surface area contributed by atoms with E-state index in [1.807, 2.05) is 19.1 Å². The van der Waals surface area contributed by atoms with E-state index < -0.39 is 22.5 Å². The number of ether oxygens (including phenoxy) is 1. The lowest BCUT2D eigenvalue weighted by Gasteiger charge is -2.23. The molecule has 10 nitrogen and oxygen atoms in total. The summed E-state index contributed by atoms with van der Waals surface area (Å²) in [5, 5.41) is 18.4. The molecule has 0 aliphatic rings. The van der Waals surface area contributed by atoms with Gasteiger partial charge in [-0.05, 0) is 36.8 Å². The first-order valence-electron chi connectivity index (χ1n) is 12.4. The van der Waals surface area contributed by atoms with Gasteiger partial charge in [0.05, 0.1) is 23.2 Å². The number of hydrogen-bond acceptors (Lipinski definition) is 7. The summed E-state index contributed by atoms with van der Waals surface area (Å²) >= 11 is 0. The van der Waals surface area contributed by atoms with Crippen LogP contribution >= 0.6 is 12.4 Å². The van der Waals surface area contributed by atoms with E-state index in [9.17, 15) is 18.3 Å². The molecule has 0 saturated carbocycles. The molecule has 0 aliphatic heterocycles. The lowest BCUT2D eigenvalue weighted by molar-refractivity contribution is -0.135. The molecule has 41 heavy (non-hydrogen) atoms. The number of anilines is 1. The average molecular weight is 595 g/mol. The molecule has 5 rings (SSSR count). The number of halogens is 1. The molecular weight excluding hydrogens is 568 g/mol. The first-order chi connectivity index (χ1) is 19.2. The fourth-order valence-electron chi connectivity index (χ4n) is 4.51. The smallest absolute Gasteiger partial charge is 0.324 e. The summed E-state index contributed by atoms with van der Waals surface area (Å²) in [5.74, 6) is -0.306. The molecule has 12 heteroatoms. The number of para-hydroxylation sites is 1. The molecule has 0 unspecified atom stereocenters. The molecule has 212 valence electrons. The Balaban J connectivity index is 0.00000387. The van der Waals surface area contributed by atoms with Crippen molar-refractivity contribution in [3.8, 4) is 5.75 Å². The van der Waals surface area contributed by atoms with Crippen LogP contribution in [0, 0.1) is 5.41 Å². The maximum absolute atomic E-state index is 13.9. The topological polar surface area (TPSA) is 160 Å². The van der Waals surface area contributed by atoms with Gasteiger partial charge in [-0.1, -0.05) is 42.5 Å². The summed E-state index contributed by atoms with van der Waals surface area (Å²) in [7, 11) is -4.33. The molecule has 0 fully saturated rings. The minimum Gasteiger partial charge on any atom is -0.490 e. The van der Waals surface area contributed by atoms with Gasteiger partial charge in [0.2, 0.25) is 0 Å². The van der Waals surface area contributed by atoms with Crippen LogP contribution in [0.4, 0.5) is 5.69 Å². The van der Waals surface area contributed by atoms with Gasteiger partial charge in [-0.3, -0.25) is 19.5 Å². The van der Waals surface area contributed by atoms with Gasteiger partial charge in [0.25, 0.3) is 10.0 Å². The van der Waals surface area contributed by atoms with Crippen LogP contribution in [0.5, 0.6) is 5.75 Å². The number of nitrogens with one attached hydrogen (secondary N) is 1. The van der Waals surface area contributed by atoms with E-state index in [0.29, 0.717) is 46.5 Å². The first-order valence-corrected chi connectivity index (χ1v) is 13.8. The summed E-state index contributed by atoms with van der Waals surface area (Å²) in [6.07, 6.45) is 1.86. The van der Waals surface area contributed by atoms with Gasteiger partial charge < -0.3 is 20.0 Å². The lowest BCUT2D eigenvalue weighted by Crippen LogP contribution is -2.35. The van der Waals surface area contributed by atoms with Gasteiger partial charge in [-0.15, -0.1) is 12.4 Å². The molecule has 0 aliphatic carbocycles. The van der Waals surface area contributed by atoms with Crippen LogP contribution in [-0.4, -0.2) is 43.5 Å². The number of nitrogens with zero attached hydrogens (tertiary/aromatic N) is 2. The number of carboxylic acids is 1. The van der Waals surface area contributed by atoms with Crippen LogP contribution in [0.1, 0.15) is 23.8 Å². The van der Waals surface area contributed by atoms with Gasteiger partial charge in [0.1, 0.15) is 22.9 Å². The Morgan fingerprint density at radius 1 is 1.10 bits per heavy atom. The molecular formula is C29H27ClN4O6S. The highest BCUT2D eigenvalue weighted by Gasteiger charge is 2.30. The fraction of sp³-hybridized carbons (Fsp3) is 0.138. The Labute approximate surface area is 242 Å². The third-order valence-electron chi connectivity index (χ3n) is 6.35. The van der Waals surface area contributed by atoms with Gasteiger partial charge >= 0.3 is 5.97 Å². The van der Waals surface area contributed by atoms with Crippen molar-refractivity contribution in [3.05, 3.63) is 95.9 Å². The van der Waals surface area contributed by atoms with E-state index in [4.69, 9.17) is 20.3 Å². The van der Waals surface area contributed by atoms with Gasteiger partial charge in [-0.25, -0.2) is 8.42 Å². The number of carboxylic acid groups (broad SMARTS) is 1. The predicted octanol–water partition coefficient (Wildman–Crippen LogP) is 4.96. The predicted molar refractivity (Wildman–Crippen MR) is 159 cm³/mol. The van der Waals surface area contributed by atoms with Crippen molar-refractivity contribution in [2.24, 2.45) is 5.73 Å². The third kappa shape index (κ3) is 5.81. The number of fused-ring (bicyclic) bond motifs is 2. The minimum absolute atomic E-state index is 0. The van der Waals surface area contributed by atoms with E-state index in [0.717, 1.165) is 9.87 Å². The number of hydrogen-bond donors (Lipinski definition) is 3. The second-order valence-electron chi connectivity index (χ2n) is 8.99. The SMILES string of the molecule is CCOc1c(Cc2ccc(C(=N)N)cc2)oc2cc(N(CC(=O)O)S(=O)(=O)c3cccc4cccnc34)ccc12.Cl. The van der Waals surface area contributed by atoms with Crippen LogP contribution < -0.4 is 14.8 Å². The summed E-state index contributed by atoms with van der Waals surface area (Å²) in [4.78, 5) is 15.9. The highest BCUT2D eigenvalue weighted by molar-refractivity contribution is 7.93. The second kappa shape index (κ2) is 11.9. The Kier molecular flexibility index (Phi) is 8.50. The summed E-state index contributed by atoms with van der Waals surface area (Å²) in [5.41, 5.74) is 7.76. The lowest BCUT2D eigenvalue weighted by atomic mass is 10.1. The molecule has 4 N–H and O–H groups in total. The number of furan rings is 1. The van der Waals surface area contributed by atoms with Crippen molar-refractivity contribution in [1.29, 1.82) is 5.41 Å². The maximum Gasteiger partial charge on any atom is 0.324 e. The van der Waals surface area contributed by atoms with E-state index in [2.05, 4.69) is 4.98 Å². The molecule has 0 radical (unpaired) electrons. The number of sulfonamides is 1. The number of nitrogen functional groups attached to an aromatic ring is 1. The van der Waals surface area contributed by atoms with Gasteiger partial charge in [0.15, 0.2) is 11.5 Å². The van der Waals surface area contributed by atoms with Gasteiger partial charge in [-0.2, -0.15) is 0 Å². The third-order valence-corrected chi connectivity index (χ3v) is 8.15. The fourth-order valence-corrected chi connectivity index (χ4v) is 6.09. The number of nitrogens with two attached hydrogens (primary N) is 1. The van der Waals surface area contributed by atoms with Crippen LogP contribution in [0.3, 0.4) is 0 Å². The van der Waals surface area contributed by atoms with Crippen molar-refractivity contribution >= 4 is 61.8 Å². The zero-order valence-electron chi connectivity index (χ0n) is 21.9. The first kappa shape index (κ1) is 29.4. The van der Waals surface area contributed by atoms with Crippen LogP contribution in [0.25, 0.3) is 21.9 Å². The zero-order chi connectivity index (χ0) is 28.4. The standard InChI is InChI=1S/C29H26N4O6S.ClH/c1-2-38-28-22-13-12-21(16-23(22)39-24(28)15-18-8-10-20(11-9-18)29(30)31)33(17-26(34)35)40(36,37)25-7-3-5-19-6-4-14-32-27(19)25;/h3-14,16H,2,15,17H2,1H3,(H3,30,31)(H,34,35);1H. The number of aliphatic carboxylic acids is 1. The number of pyridine rings is 1. The average Bonchev–Trinajstić information content (AvgIpc) is 3.27. The summed E-state index contributed by atoms with van der Waals surface area (Å²) in [6.45, 7) is 1.42. The van der Waals surface area contributed by atoms with Crippen LogP contribution in [0.2, 0.25) is 0 Å². The largest absolute Gasteiger partial charge is 0.490 e. The quantitative estimate of drug-likeness (QED) is 0.151. The molecule has 0 spiro atoms. The Morgan fingerprint density at radius 3 is 2.51 bits per heavy atom. The van der Waals surface area contributed by atoms with Crippen LogP contribution in [-0.2, 0) is 21.2 Å². The van der Waals surface area contributed by atoms with Crippen molar-refractivity contribution in [3.63, 3.8) is 0 Å². The molecule has 5 aromatic rings. The Morgan fingerprint density at radius 2 is 1.83 bits per heavy atom. The van der Waals surface area contributed by atoms with Crippen molar-refractivity contribution < 1.29 is 27.5 Å². The molecule has 3 aromatic carbocycles. The number of aromatic nitrogens is 1. The number of carbonyl (C=O) groups is 1.